The van der Waals surface area contributed by atoms with E-state index in [1.165, 1.54) is 11.3 Å². The largest absolute Gasteiger partial charge is 0.409 e. The predicted molar refractivity (Wildman–Crippen MR) is 79.3 cm³/mol. The summed E-state index contributed by atoms with van der Waals surface area (Å²) in [4.78, 5) is 13.9. The normalized spacial score (nSPS) is 11.6. The highest BCUT2D eigenvalue weighted by atomic mass is 79.9. The lowest BCUT2D eigenvalue weighted by atomic mass is 10.2. The Morgan fingerprint density at radius 3 is 2.72 bits per heavy atom. The molecule has 1 rings (SSSR count). The van der Waals surface area contributed by atoms with Crippen molar-refractivity contribution in [2.75, 3.05) is 13.1 Å². The SMILES string of the molecule is CCCN(C/C(N)=N/O)C(=O)c1cc(Br)sc1Br. The molecule has 3 N–H and O–H groups in total. The Hall–Kier alpha value is -0.600. The van der Waals surface area contributed by atoms with Gasteiger partial charge in [0, 0.05) is 6.54 Å². The average molecular weight is 399 g/mol. The lowest BCUT2D eigenvalue weighted by Gasteiger charge is -2.21. The first kappa shape index (κ1) is 15.5. The van der Waals surface area contributed by atoms with E-state index in [4.69, 9.17) is 10.9 Å². The lowest BCUT2D eigenvalue weighted by Crippen LogP contribution is -2.39. The second-order valence-electron chi connectivity index (χ2n) is 3.56. The minimum Gasteiger partial charge on any atom is -0.409 e. The molecule has 1 aromatic rings. The number of amides is 1. The van der Waals surface area contributed by atoms with Crippen molar-refractivity contribution in [3.8, 4) is 0 Å². The first-order chi connectivity index (χ1) is 8.49. The van der Waals surface area contributed by atoms with E-state index in [0.717, 1.165) is 14.0 Å². The summed E-state index contributed by atoms with van der Waals surface area (Å²) >= 11 is 8.12. The zero-order chi connectivity index (χ0) is 13.7. The molecule has 18 heavy (non-hydrogen) atoms. The Morgan fingerprint density at radius 2 is 2.28 bits per heavy atom. The van der Waals surface area contributed by atoms with Crippen LogP contribution in [-0.4, -0.2) is 34.9 Å². The molecule has 0 aliphatic carbocycles. The molecule has 0 unspecified atom stereocenters. The van der Waals surface area contributed by atoms with Gasteiger partial charge in [-0.2, -0.15) is 0 Å². The van der Waals surface area contributed by atoms with Gasteiger partial charge in [-0.3, -0.25) is 4.79 Å². The summed E-state index contributed by atoms with van der Waals surface area (Å²) in [6.07, 6.45) is 0.799. The van der Waals surface area contributed by atoms with Crippen LogP contribution >= 0.6 is 43.2 Å². The molecular weight excluding hydrogens is 386 g/mol. The van der Waals surface area contributed by atoms with Gasteiger partial charge in [-0.05, 0) is 44.3 Å². The summed E-state index contributed by atoms with van der Waals surface area (Å²) in [6.45, 7) is 2.63. The monoisotopic (exact) mass is 397 g/mol. The van der Waals surface area contributed by atoms with E-state index in [0.29, 0.717) is 12.1 Å². The lowest BCUT2D eigenvalue weighted by molar-refractivity contribution is 0.0778. The van der Waals surface area contributed by atoms with Crippen LogP contribution in [0.25, 0.3) is 0 Å². The van der Waals surface area contributed by atoms with Gasteiger partial charge in [-0.15, -0.1) is 11.3 Å². The van der Waals surface area contributed by atoms with Crippen molar-refractivity contribution >= 4 is 54.9 Å². The van der Waals surface area contributed by atoms with E-state index >= 15 is 0 Å². The van der Waals surface area contributed by atoms with Gasteiger partial charge >= 0.3 is 0 Å². The zero-order valence-corrected chi connectivity index (χ0v) is 13.7. The number of rotatable bonds is 5. The number of carbonyl (C=O) groups is 1. The molecule has 0 aliphatic rings. The molecule has 0 atom stereocenters. The van der Waals surface area contributed by atoms with E-state index in [2.05, 4.69) is 37.0 Å². The number of hydrogen-bond donors (Lipinski definition) is 2. The Balaban J connectivity index is 2.92. The van der Waals surface area contributed by atoms with Crippen LogP contribution in [0.4, 0.5) is 0 Å². The van der Waals surface area contributed by atoms with Crippen molar-refractivity contribution < 1.29 is 10.0 Å². The van der Waals surface area contributed by atoms with Crippen molar-refractivity contribution in [3.63, 3.8) is 0 Å². The highest BCUT2D eigenvalue weighted by Crippen LogP contribution is 2.32. The van der Waals surface area contributed by atoms with Gasteiger partial charge in [-0.1, -0.05) is 12.1 Å². The second-order valence-corrected chi connectivity index (χ2v) is 7.31. The van der Waals surface area contributed by atoms with Crippen LogP contribution in [0.5, 0.6) is 0 Å². The molecular formula is C10H13Br2N3O2S. The molecule has 0 spiro atoms. The van der Waals surface area contributed by atoms with Gasteiger partial charge < -0.3 is 15.8 Å². The van der Waals surface area contributed by atoms with Crippen molar-refractivity contribution in [2.24, 2.45) is 10.9 Å². The van der Waals surface area contributed by atoms with Crippen LogP contribution in [0, 0.1) is 0 Å². The number of carbonyl (C=O) groups excluding carboxylic acids is 1. The molecule has 0 radical (unpaired) electrons. The molecule has 0 aliphatic heterocycles. The molecule has 1 aromatic heterocycles. The third-order valence-electron chi connectivity index (χ3n) is 2.15. The van der Waals surface area contributed by atoms with Crippen LogP contribution in [0.3, 0.4) is 0 Å². The fraction of sp³-hybridized carbons (Fsp3) is 0.400. The summed E-state index contributed by atoms with van der Waals surface area (Å²) in [7, 11) is 0. The number of nitrogens with zero attached hydrogens (tertiary/aromatic N) is 2. The third-order valence-corrected chi connectivity index (χ3v) is 4.49. The number of oxime groups is 1. The summed E-state index contributed by atoms with van der Waals surface area (Å²) in [5.41, 5.74) is 6.03. The third kappa shape index (κ3) is 3.96. The first-order valence-corrected chi connectivity index (χ1v) is 7.60. The minimum absolute atomic E-state index is 0.0159. The number of nitrogens with two attached hydrogens (primary N) is 1. The van der Waals surface area contributed by atoms with Gasteiger partial charge in [0.15, 0.2) is 5.84 Å². The molecule has 0 saturated carbocycles. The van der Waals surface area contributed by atoms with Crippen LogP contribution in [0.2, 0.25) is 0 Å². The number of hydrogen-bond acceptors (Lipinski definition) is 4. The Morgan fingerprint density at radius 1 is 1.61 bits per heavy atom. The van der Waals surface area contributed by atoms with Gasteiger partial charge in [-0.25, -0.2) is 0 Å². The molecule has 0 saturated heterocycles. The van der Waals surface area contributed by atoms with Crippen LogP contribution < -0.4 is 5.73 Å². The standard InChI is InChI=1S/C10H13Br2N3O2S/c1-2-3-15(5-8(13)14-17)10(16)6-4-7(11)18-9(6)12/h4,17H,2-3,5H2,1H3,(H2,13,14). The van der Waals surface area contributed by atoms with Gasteiger partial charge in [0.2, 0.25) is 0 Å². The van der Waals surface area contributed by atoms with Crippen LogP contribution in [-0.2, 0) is 0 Å². The Bertz CT molecular complexity index is 462. The maximum absolute atomic E-state index is 12.3. The van der Waals surface area contributed by atoms with Gasteiger partial charge in [0.05, 0.1) is 19.7 Å². The number of amidine groups is 1. The maximum Gasteiger partial charge on any atom is 0.256 e. The van der Waals surface area contributed by atoms with Crippen LogP contribution in [0.1, 0.15) is 23.7 Å². The van der Waals surface area contributed by atoms with Gasteiger partial charge in [0.1, 0.15) is 0 Å². The van der Waals surface area contributed by atoms with E-state index in [9.17, 15) is 4.79 Å². The molecule has 1 heterocycles. The van der Waals surface area contributed by atoms with Crippen molar-refractivity contribution in [3.05, 3.63) is 19.2 Å². The van der Waals surface area contributed by atoms with Crippen molar-refractivity contribution in [2.45, 2.75) is 13.3 Å². The molecule has 1 amide bonds. The quantitative estimate of drug-likeness (QED) is 0.346. The van der Waals surface area contributed by atoms with E-state index in [1.807, 2.05) is 6.92 Å². The molecule has 0 bridgehead atoms. The number of thiophene rings is 1. The molecule has 8 heteroatoms. The zero-order valence-electron chi connectivity index (χ0n) is 9.69. The second kappa shape index (κ2) is 7.10. The number of halogens is 2. The Kier molecular flexibility index (Phi) is 6.10. The summed E-state index contributed by atoms with van der Waals surface area (Å²) < 4.78 is 1.64. The molecule has 0 fully saturated rings. The fourth-order valence-corrected chi connectivity index (χ4v) is 4.18. The van der Waals surface area contributed by atoms with E-state index < -0.39 is 0 Å². The minimum atomic E-state index is -0.141. The van der Waals surface area contributed by atoms with E-state index in [-0.39, 0.29) is 18.3 Å². The summed E-state index contributed by atoms with van der Waals surface area (Å²) in [5, 5.41) is 11.5. The first-order valence-electron chi connectivity index (χ1n) is 5.20. The smallest absolute Gasteiger partial charge is 0.256 e. The van der Waals surface area contributed by atoms with Crippen molar-refractivity contribution in [1.29, 1.82) is 0 Å². The highest BCUT2D eigenvalue weighted by Gasteiger charge is 2.20. The molecule has 5 nitrogen and oxygen atoms in total. The maximum atomic E-state index is 12.3. The fourth-order valence-electron chi connectivity index (χ4n) is 1.41. The Labute approximate surface area is 126 Å². The van der Waals surface area contributed by atoms with Crippen LogP contribution in [0.15, 0.2) is 18.8 Å². The van der Waals surface area contributed by atoms with Crippen molar-refractivity contribution in [1.82, 2.24) is 4.90 Å². The highest BCUT2D eigenvalue weighted by molar-refractivity contribution is 9.12. The van der Waals surface area contributed by atoms with Gasteiger partial charge in [0.25, 0.3) is 5.91 Å². The molecule has 100 valence electrons. The predicted octanol–water partition coefficient (Wildman–Crippen LogP) is 2.87. The van der Waals surface area contributed by atoms with E-state index in [1.54, 1.807) is 11.0 Å². The summed E-state index contributed by atoms with van der Waals surface area (Å²) in [5.74, 6) is -0.125. The summed E-state index contributed by atoms with van der Waals surface area (Å²) in [6, 6.07) is 1.76. The molecule has 0 aromatic carbocycles. The average Bonchev–Trinajstić information content (AvgIpc) is 2.66. The topological polar surface area (TPSA) is 78.9 Å².